The number of aliphatic hydroxyl groups is 1. The summed E-state index contributed by atoms with van der Waals surface area (Å²) in [4.78, 5) is 88.6. The van der Waals surface area contributed by atoms with Crippen molar-refractivity contribution in [1.29, 1.82) is 0 Å². The number of aliphatic hydroxyl groups excluding tert-OH is 1. The number of ether oxygens (including phenoxy) is 5. The number of esters is 1. The van der Waals surface area contributed by atoms with Crippen LogP contribution in [0.25, 0.3) is 11.2 Å². The molecule has 0 spiro atoms. The summed E-state index contributed by atoms with van der Waals surface area (Å²) < 4.78 is 69.0. The highest BCUT2D eigenvalue weighted by molar-refractivity contribution is 7.53. The predicted octanol–water partition coefficient (Wildman–Crippen LogP) is 1.67. The molecule has 3 fully saturated rings. The molecule has 3 aromatic heterocycles. The van der Waals surface area contributed by atoms with Crippen LogP contribution in [0.4, 0.5) is 11.6 Å². The third-order valence-electron chi connectivity index (χ3n) is 11.0. The maximum atomic E-state index is 14.7. The molecule has 3 aliphatic heterocycles. The van der Waals surface area contributed by atoms with Gasteiger partial charge in [0.1, 0.15) is 54.3 Å². The zero-order valence-electron chi connectivity index (χ0n) is 35.9. The fourth-order valence-electron chi connectivity index (χ4n) is 7.70. The number of carbonyl (C=O) groups excluding carboxylic acids is 2. The van der Waals surface area contributed by atoms with Crippen LogP contribution in [0, 0.1) is 0 Å². The van der Waals surface area contributed by atoms with E-state index in [4.69, 9.17) is 44.2 Å². The molecule has 0 bridgehead atoms. The van der Waals surface area contributed by atoms with Gasteiger partial charge in [0.15, 0.2) is 36.3 Å². The van der Waals surface area contributed by atoms with Crippen molar-refractivity contribution < 1.29 is 71.2 Å². The van der Waals surface area contributed by atoms with E-state index in [9.17, 15) is 43.3 Å². The lowest BCUT2D eigenvalue weighted by Crippen LogP contribution is -2.43. The van der Waals surface area contributed by atoms with E-state index in [1.54, 1.807) is 0 Å². The first kappa shape index (κ1) is 50.2. The first-order valence-electron chi connectivity index (χ1n) is 21.3. The van der Waals surface area contributed by atoms with Crippen LogP contribution >= 0.6 is 15.4 Å². The number of allylic oxidation sites excluding steroid dienone is 2. The van der Waals surface area contributed by atoms with Crippen LogP contribution in [0.2, 0.25) is 0 Å². The van der Waals surface area contributed by atoms with Gasteiger partial charge in [-0.15, -0.1) is 0 Å². The summed E-state index contributed by atoms with van der Waals surface area (Å²) in [7, 11) is -10.4. The van der Waals surface area contributed by atoms with Crippen LogP contribution in [0.5, 0.6) is 0 Å². The number of phosphoric ester groups is 1. The Morgan fingerprint density at radius 3 is 2.42 bits per heavy atom. The first-order valence-corrected chi connectivity index (χ1v) is 24.5. The first-order chi connectivity index (χ1) is 31.0. The normalized spacial score (nSPS) is 26.8. The van der Waals surface area contributed by atoms with E-state index in [-0.39, 0.29) is 48.3 Å². The number of amides is 1. The molecule has 25 nitrogen and oxygen atoms in total. The van der Waals surface area contributed by atoms with Crippen molar-refractivity contribution in [1.82, 2.24) is 34.0 Å². The third kappa shape index (κ3) is 12.8. The summed E-state index contributed by atoms with van der Waals surface area (Å²) >= 11 is 0. The average molecular weight is 958 g/mol. The molecular weight excluding hydrogens is 900 g/mol. The summed E-state index contributed by atoms with van der Waals surface area (Å²) in [6.45, 7) is 2.22. The Bertz CT molecular complexity index is 2270. The van der Waals surface area contributed by atoms with Gasteiger partial charge in [0.25, 0.3) is 0 Å². The number of nitrogens with two attached hydrogens (primary N) is 2. The molecule has 0 saturated carbocycles. The smallest absolute Gasteiger partial charge is 0.455 e. The lowest BCUT2D eigenvalue weighted by molar-refractivity contribution is -0.170. The second kappa shape index (κ2) is 22.5. The van der Waals surface area contributed by atoms with E-state index in [2.05, 4.69) is 26.9 Å². The molecule has 0 aromatic carbocycles. The highest BCUT2D eigenvalue weighted by atomic mass is 31.2. The third-order valence-corrected chi connectivity index (χ3v) is 13.3. The predicted molar refractivity (Wildman–Crippen MR) is 227 cm³/mol. The Hall–Kier alpha value is -4.23. The summed E-state index contributed by atoms with van der Waals surface area (Å²) in [5.41, 5.74) is 9.21. The fourth-order valence-corrected chi connectivity index (χ4v) is 9.74. The number of fused-ring (bicyclic) bond motifs is 1. The number of nitrogen functional groups attached to an aromatic ring is 2. The van der Waals surface area contributed by atoms with Gasteiger partial charge in [-0.1, -0.05) is 45.3 Å². The van der Waals surface area contributed by atoms with Crippen LogP contribution in [-0.4, -0.2) is 141 Å². The number of unbranched alkanes of at least 4 members (excludes halogenated alkanes) is 3. The van der Waals surface area contributed by atoms with Gasteiger partial charge in [0, 0.05) is 32.2 Å². The minimum Gasteiger partial charge on any atom is -0.455 e. The minimum atomic E-state index is -5.22. The van der Waals surface area contributed by atoms with Crippen molar-refractivity contribution in [3.8, 4) is 0 Å². The van der Waals surface area contributed by atoms with Crippen molar-refractivity contribution in [3.05, 3.63) is 47.6 Å². The molecular formula is C38H57N9O16P2. The highest BCUT2D eigenvalue weighted by Crippen LogP contribution is 2.58. The van der Waals surface area contributed by atoms with Gasteiger partial charge in [-0.25, -0.2) is 24.3 Å². The molecule has 65 heavy (non-hydrogen) atoms. The Kier molecular flexibility index (Phi) is 17.4. The summed E-state index contributed by atoms with van der Waals surface area (Å²) in [5, 5.41) is 11.8. The number of imidazole rings is 1. The topological polar surface area (TPSA) is 348 Å². The molecule has 3 aliphatic rings. The molecule has 27 heteroatoms. The van der Waals surface area contributed by atoms with E-state index in [0.29, 0.717) is 25.7 Å². The highest BCUT2D eigenvalue weighted by Gasteiger charge is 2.58. The molecule has 3 aromatic rings. The number of hydrogen-bond donors (Lipinski definition) is 6. The minimum absolute atomic E-state index is 0.0183. The van der Waals surface area contributed by atoms with Gasteiger partial charge in [0.2, 0.25) is 5.91 Å². The van der Waals surface area contributed by atoms with E-state index in [0.717, 1.165) is 36.6 Å². The molecule has 0 radical (unpaired) electrons. The van der Waals surface area contributed by atoms with Crippen LogP contribution < -0.4 is 17.2 Å². The van der Waals surface area contributed by atoms with Gasteiger partial charge in [-0.2, -0.15) is 4.98 Å². The van der Waals surface area contributed by atoms with Crippen LogP contribution in [-0.2, 0) is 51.5 Å². The maximum Gasteiger partial charge on any atom is 0.469 e. The number of anilines is 2. The van der Waals surface area contributed by atoms with Gasteiger partial charge in [-0.05, 0) is 31.7 Å². The molecule has 360 valence electrons. The Morgan fingerprint density at radius 2 is 1.71 bits per heavy atom. The fraction of sp³-hybridized carbons (Fsp3) is 0.658. The Morgan fingerprint density at radius 1 is 0.969 bits per heavy atom. The van der Waals surface area contributed by atoms with Gasteiger partial charge in [-0.3, -0.25) is 27.8 Å². The number of nitrogens with zero attached hydrogens (tertiary/aromatic N) is 7. The second-order valence-corrected chi connectivity index (χ2v) is 18.9. The second-order valence-electron chi connectivity index (χ2n) is 15.7. The summed E-state index contributed by atoms with van der Waals surface area (Å²) in [5.74, 6) is -1.33. The average Bonchev–Trinajstić information content (AvgIpc) is 4.06. The zero-order valence-corrected chi connectivity index (χ0v) is 37.7. The molecule has 0 aliphatic carbocycles. The molecule has 6 heterocycles. The number of phosphoric acid groups is 1. The van der Waals surface area contributed by atoms with Crippen LogP contribution in [0.15, 0.2) is 41.9 Å². The summed E-state index contributed by atoms with van der Waals surface area (Å²) in [6, 6.07) is 1.26. The lowest BCUT2D eigenvalue weighted by Gasteiger charge is -2.30. The molecule has 1 amide bonds. The van der Waals surface area contributed by atoms with Crippen molar-refractivity contribution in [2.45, 2.75) is 127 Å². The van der Waals surface area contributed by atoms with Gasteiger partial charge < -0.3 is 64.4 Å². The molecule has 2 unspecified atom stereocenters. The largest absolute Gasteiger partial charge is 0.469 e. The van der Waals surface area contributed by atoms with Gasteiger partial charge >= 0.3 is 27.1 Å². The van der Waals surface area contributed by atoms with Crippen molar-refractivity contribution >= 4 is 50.1 Å². The monoisotopic (exact) mass is 957 g/mol. The molecule has 3 saturated heterocycles. The lowest BCUT2D eigenvalue weighted by atomic mass is 10.1. The summed E-state index contributed by atoms with van der Waals surface area (Å²) in [6.07, 6.45) is 1.35. The molecule has 10 atom stereocenters. The number of hydrogen-bond acceptors (Lipinski definition) is 19. The SMILES string of the molecule is CCCC/C=C/CCC(=O)N(CCCC)CC(=O)O[C@H]1[C@@H](O)[C@H](n2cnc3c(N)ncnc32)O[C@@H]1COP(=O)(O)[C@H]1[C@@H](OC2CCCO2)[C@H](n2ccc(N)nc2=O)O[C@@H]1COP(=O)(O)O. The van der Waals surface area contributed by atoms with Crippen LogP contribution in [0.1, 0.15) is 84.1 Å². The van der Waals surface area contributed by atoms with Crippen molar-refractivity contribution in [2.24, 2.45) is 0 Å². The van der Waals surface area contributed by atoms with E-state index in [1.807, 2.05) is 19.1 Å². The maximum absolute atomic E-state index is 14.7. The van der Waals surface area contributed by atoms with Crippen molar-refractivity contribution in [2.75, 3.05) is 44.4 Å². The number of aromatic nitrogens is 6. The Labute approximate surface area is 373 Å². The van der Waals surface area contributed by atoms with E-state index in [1.165, 1.54) is 28.1 Å². The molecule has 6 rings (SSSR count). The number of rotatable bonds is 23. The van der Waals surface area contributed by atoms with Crippen LogP contribution in [0.3, 0.4) is 0 Å². The Balaban J connectivity index is 1.28. The van der Waals surface area contributed by atoms with E-state index < -0.39 is 102 Å². The molecule has 8 N–H and O–H groups in total. The standard InChI is InChI=1S/C38H57N9O16P2/c1-3-5-7-8-9-10-12-26(48)45(15-6-4-2)18-27(49)62-31-23(60-36(30(31)50)47-22-43-29-34(40)41-21-42-35(29)47)19-58-64(52,53)33-24(20-59-65(54,55)56)61-37(32(33)63-28-13-11-17-57-28)46-16-14-25(39)44-38(46)51/h8-9,14,16,21-24,28,30-33,36-37,50H,3-7,10-13,15,17-20H2,1-2H3,(H,52,53)(H2,39,44,51)(H2,40,41,42)(H2,54,55,56)/b9-8+/t23-,24-,28?,30-,31-,32-,33-,36-,37-/m1/s1. The van der Waals surface area contributed by atoms with Crippen molar-refractivity contribution in [3.63, 3.8) is 0 Å². The van der Waals surface area contributed by atoms with E-state index >= 15 is 0 Å². The quantitative estimate of drug-likeness (QED) is 0.0341. The zero-order chi connectivity index (χ0) is 46.9. The number of carbonyl (C=O) groups is 2. The van der Waals surface area contributed by atoms with Gasteiger partial charge in [0.05, 0.1) is 19.5 Å².